The van der Waals surface area contributed by atoms with E-state index in [1.165, 1.54) is 6.07 Å². The molecule has 0 saturated carbocycles. The lowest BCUT2D eigenvalue weighted by molar-refractivity contribution is -0.132. The highest BCUT2D eigenvalue weighted by Gasteiger charge is 2.53. The number of amides is 1. The Hall–Kier alpha value is -0.353. The van der Waals surface area contributed by atoms with Crippen LogP contribution in [-0.4, -0.2) is 41.3 Å². The van der Waals surface area contributed by atoms with Crippen LogP contribution in [0.5, 0.6) is 0 Å². The lowest BCUT2D eigenvalue weighted by atomic mass is 9.92. The molecule has 0 N–H and O–H groups in total. The van der Waals surface area contributed by atoms with Crippen LogP contribution in [-0.2, 0) is 18.4 Å². The van der Waals surface area contributed by atoms with Crippen molar-refractivity contribution in [2.45, 2.75) is 76.9 Å². The third-order valence-electron chi connectivity index (χ3n) is 5.11. The Bertz CT molecular complexity index is 807. The molecule has 1 aromatic carbocycles. The van der Waals surface area contributed by atoms with Crippen molar-refractivity contribution in [2.24, 2.45) is 0 Å². The van der Waals surface area contributed by atoms with Crippen molar-refractivity contribution in [1.29, 1.82) is 0 Å². The molecular formula is C21H33F2INO4PSi. The van der Waals surface area contributed by atoms with Crippen LogP contribution >= 0.6 is 29.4 Å². The second-order valence-electron chi connectivity index (χ2n) is 8.71. The van der Waals surface area contributed by atoms with E-state index < -0.39 is 30.5 Å². The van der Waals surface area contributed by atoms with Crippen LogP contribution in [0.4, 0.5) is 8.78 Å². The zero-order chi connectivity index (χ0) is 23.4. The molecule has 0 spiro atoms. The van der Waals surface area contributed by atoms with Crippen molar-refractivity contribution in [2.75, 3.05) is 13.2 Å². The molecule has 3 unspecified atom stereocenters. The Morgan fingerprint density at radius 3 is 2.23 bits per heavy atom. The first-order valence-electron chi connectivity index (χ1n) is 10.8. The van der Waals surface area contributed by atoms with Crippen LogP contribution in [0, 0.1) is 11.6 Å². The summed E-state index contributed by atoms with van der Waals surface area (Å²) in [5, 5.41) is 0. The van der Waals surface area contributed by atoms with Crippen molar-refractivity contribution in [3.05, 3.63) is 35.4 Å². The molecule has 0 bridgehead atoms. The lowest BCUT2D eigenvalue weighted by Gasteiger charge is -2.38. The van der Waals surface area contributed by atoms with Crippen LogP contribution in [0.25, 0.3) is 0 Å². The molecule has 2 aliphatic rings. The zero-order valence-corrected chi connectivity index (χ0v) is 22.9. The van der Waals surface area contributed by atoms with Gasteiger partial charge in [0.05, 0.1) is 19.3 Å². The van der Waals surface area contributed by atoms with Crippen molar-refractivity contribution in [1.82, 2.24) is 4.90 Å². The molecule has 0 aliphatic carbocycles. The fourth-order valence-electron chi connectivity index (χ4n) is 4.06. The number of hydrogen-bond donors (Lipinski definition) is 0. The van der Waals surface area contributed by atoms with Gasteiger partial charge in [0, 0.05) is 6.04 Å². The van der Waals surface area contributed by atoms with E-state index in [1.54, 1.807) is 18.7 Å². The summed E-state index contributed by atoms with van der Waals surface area (Å²) in [5.41, 5.74) is -0.916. The van der Waals surface area contributed by atoms with Crippen LogP contribution in [0.15, 0.2) is 18.2 Å². The van der Waals surface area contributed by atoms with Crippen LogP contribution in [0.2, 0.25) is 19.6 Å². The summed E-state index contributed by atoms with van der Waals surface area (Å²) in [6.07, 6.45) is 2.71. The van der Waals surface area contributed by atoms with Gasteiger partial charge in [-0.25, -0.2) is 8.78 Å². The smallest absolute Gasteiger partial charge is 0.332 e. The molecule has 2 fully saturated rings. The van der Waals surface area contributed by atoms with Crippen LogP contribution in [0.3, 0.4) is 0 Å². The van der Waals surface area contributed by atoms with E-state index in [0.29, 0.717) is 18.4 Å². The maximum absolute atomic E-state index is 13.7. The molecule has 10 heteroatoms. The average molecular weight is 587 g/mol. The van der Waals surface area contributed by atoms with Gasteiger partial charge in [-0.1, -0.05) is 25.7 Å². The molecule has 2 saturated heterocycles. The van der Waals surface area contributed by atoms with Gasteiger partial charge in [0.15, 0.2) is 11.6 Å². The molecule has 0 radical (unpaired) electrons. The van der Waals surface area contributed by atoms with E-state index in [-0.39, 0.29) is 31.2 Å². The molecule has 176 valence electrons. The van der Waals surface area contributed by atoms with Gasteiger partial charge < -0.3 is 13.9 Å². The van der Waals surface area contributed by atoms with Crippen molar-refractivity contribution >= 4 is 40.9 Å². The number of carbonyl (C=O) groups is 1. The average Bonchev–Trinajstić information content (AvgIpc) is 3.01. The first-order chi connectivity index (χ1) is 14.4. The second kappa shape index (κ2) is 11.2. The maximum atomic E-state index is 13.7. The number of nitrogens with zero attached hydrogens (tertiary/aromatic N) is 1. The third kappa shape index (κ3) is 7.06. The van der Waals surface area contributed by atoms with Gasteiger partial charge in [0.2, 0.25) is 5.91 Å². The van der Waals surface area contributed by atoms with Gasteiger partial charge in [-0.15, -0.1) is 21.8 Å². The number of hydrogen-bond acceptors (Lipinski definition) is 4. The minimum absolute atomic E-state index is 0.0893. The zero-order valence-electron chi connectivity index (χ0n) is 18.9. The number of carbonyl (C=O) groups excluding carboxylic acids is 1. The van der Waals surface area contributed by atoms with E-state index in [9.17, 15) is 18.1 Å². The molecule has 2 heterocycles. The first-order valence-corrected chi connectivity index (χ1v) is 19.0. The summed E-state index contributed by atoms with van der Waals surface area (Å²) in [6.45, 7) is 10.7. The highest BCUT2D eigenvalue weighted by atomic mass is 127. The van der Waals surface area contributed by atoms with Gasteiger partial charge in [-0.05, 0) is 57.2 Å². The summed E-state index contributed by atoms with van der Waals surface area (Å²) < 4.78 is 50.8. The van der Waals surface area contributed by atoms with Gasteiger partial charge in [-0.3, -0.25) is 9.36 Å². The molecule has 1 amide bonds. The monoisotopic (exact) mass is 587 g/mol. The minimum atomic E-state index is -3.56. The highest BCUT2D eigenvalue weighted by molar-refractivity contribution is 14.1. The second-order valence-corrected chi connectivity index (χ2v) is 24.8. The summed E-state index contributed by atoms with van der Waals surface area (Å²) in [4.78, 5) is 14.8. The minimum Gasteiger partial charge on any atom is -0.332 e. The Morgan fingerprint density at radius 2 is 1.71 bits per heavy atom. The Labute approximate surface area is 198 Å². The summed E-state index contributed by atoms with van der Waals surface area (Å²) in [6, 6.07) is 3.30. The summed E-state index contributed by atoms with van der Waals surface area (Å²) >= 11 is 2.52. The van der Waals surface area contributed by atoms with E-state index in [0.717, 1.165) is 25.0 Å². The predicted molar refractivity (Wildman–Crippen MR) is 130 cm³/mol. The summed E-state index contributed by atoms with van der Waals surface area (Å²) in [7, 11) is -3.56. The quantitative estimate of drug-likeness (QED) is 0.161. The normalized spacial score (nSPS) is 23.9. The predicted octanol–water partition coefficient (Wildman–Crippen LogP) is 6.68. The van der Waals surface area contributed by atoms with Crippen LogP contribution in [0.1, 0.15) is 51.1 Å². The topological polar surface area (TPSA) is 55.8 Å². The largest absolute Gasteiger partial charge is 0.343 e. The van der Waals surface area contributed by atoms with Gasteiger partial charge >= 0.3 is 7.60 Å². The van der Waals surface area contributed by atoms with Crippen molar-refractivity contribution in [3.63, 3.8) is 0 Å². The molecule has 31 heavy (non-hydrogen) atoms. The standard InChI is InChI=1S/C18H24F2NO4P.C3H9ISi/c1-3-24-26(23,25-4-2)17-11-13-6-5-7-16(21(13)18(17)22)12-8-9-14(19)15(20)10-12;1-5(2,3)4/h8-10,13,16-17H,3-7,11H2,1-2H3;1-3H3. The van der Waals surface area contributed by atoms with Gasteiger partial charge in [0.1, 0.15) is 11.2 Å². The van der Waals surface area contributed by atoms with E-state index >= 15 is 0 Å². The van der Waals surface area contributed by atoms with Crippen LogP contribution < -0.4 is 0 Å². The Balaban J connectivity index is 0.000000614. The number of piperidine rings is 1. The molecule has 2 aliphatic heterocycles. The third-order valence-corrected chi connectivity index (χ3v) is 7.54. The Morgan fingerprint density at radius 1 is 1.13 bits per heavy atom. The van der Waals surface area contributed by atoms with Crippen molar-refractivity contribution < 1.29 is 27.2 Å². The Kier molecular flexibility index (Phi) is 9.70. The molecule has 1 aromatic rings. The number of halogens is 3. The molecular weight excluding hydrogens is 554 g/mol. The van der Waals surface area contributed by atoms with E-state index in [4.69, 9.17) is 9.05 Å². The number of rotatable bonds is 6. The first kappa shape index (κ1) is 26.9. The molecule has 5 nitrogen and oxygen atoms in total. The molecule has 3 rings (SSSR count). The number of fused-ring (bicyclic) bond motifs is 1. The molecule has 3 atom stereocenters. The number of benzene rings is 1. The van der Waals surface area contributed by atoms with Crippen molar-refractivity contribution in [3.8, 4) is 0 Å². The van der Waals surface area contributed by atoms with E-state index in [2.05, 4.69) is 41.4 Å². The van der Waals surface area contributed by atoms with E-state index in [1.807, 2.05) is 0 Å². The van der Waals surface area contributed by atoms with Gasteiger partial charge in [-0.2, -0.15) is 0 Å². The summed E-state index contributed by atoms with van der Waals surface area (Å²) in [5.74, 6) is -2.12. The van der Waals surface area contributed by atoms with Gasteiger partial charge in [0.25, 0.3) is 0 Å². The SMILES string of the molecule is CCOP(=O)(OCC)C1CC2CCCC(c3ccc(F)c(F)c3)N2C1=O.C[Si](C)(C)I. The highest BCUT2D eigenvalue weighted by Crippen LogP contribution is 2.59. The lowest BCUT2D eigenvalue weighted by Crippen LogP contribution is -2.41. The fraction of sp³-hybridized carbons (Fsp3) is 0.667. The molecule has 0 aromatic heterocycles. The fourth-order valence-corrected chi connectivity index (χ4v) is 6.12. The maximum Gasteiger partial charge on any atom is 0.343 e.